The number of halogens is 4. The molecule has 0 aromatic rings. The Bertz CT molecular complexity index is 82.8. The molecular weight excluding hydrogens is 343 g/mol. The van der Waals surface area contributed by atoms with Gasteiger partial charge in [0, 0.05) is 21.1 Å². The summed E-state index contributed by atoms with van der Waals surface area (Å²) in [5.41, 5.74) is 0. The Labute approximate surface area is 77.6 Å². The summed E-state index contributed by atoms with van der Waals surface area (Å²) < 4.78 is 41.1. The third kappa shape index (κ3) is 42.6. The topological polar surface area (TPSA) is 0 Å². The molecule has 0 N–H and O–H groups in total. The largest absolute Gasteiger partial charge is 0.334 e. The molecule has 0 aliphatic carbocycles. The quantitative estimate of drug-likeness (QED) is 0.462. The van der Waals surface area contributed by atoms with Gasteiger partial charge in [0.15, 0.2) is 0 Å². The Balaban J connectivity index is -0.0000000428. The fourth-order valence-electron chi connectivity index (χ4n) is 0. The predicted molar refractivity (Wildman–Crippen MR) is 34.0 cm³/mol. The van der Waals surface area contributed by atoms with E-state index in [2.05, 4.69) is 26.3 Å². The maximum atomic E-state index is 10.3. The zero-order chi connectivity index (χ0) is 9.15. The molecule has 0 aliphatic heterocycles. The van der Waals surface area contributed by atoms with Crippen LogP contribution in [0.3, 0.4) is 0 Å². The smallest absolute Gasteiger partial charge is 0.167 e. The van der Waals surface area contributed by atoms with E-state index in [9.17, 15) is 17.6 Å². The third-order valence-electron chi connectivity index (χ3n) is 0.143. The van der Waals surface area contributed by atoms with E-state index in [1.165, 1.54) is 0 Å². The molecular formula is C6H8F4Pt. The van der Waals surface area contributed by atoms with E-state index in [0.717, 1.165) is 0 Å². The summed E-state index contributed by atoms with van der Waals surface area (Å²) in [7, 11) is 0. The molecule has 0 fully saturated rings. The van der Waals surface area contributed by atoms with Gasteiger partial charge in [-0.25, -0.2) is 0 Å². The first-order valence-electron chi connectivity index (χ1n) is 2.01. The van der Waals surface area contributed by atoms with Gasteiger partial charge in [0.2, 0.25) is 0 Å². The van der Waals surface area contributed by atoms with Crippen molar-refractivity contribution in [2.75, 3.05) is 0 Å². The Morgan fingerprint density at radius 3 is 0.727 bits per heavy atom. The van der Waals surface area contributed by atoms with Crippen molar-refractivity contribution in [3.63, 3.8) is 0 Å². The van der Waals surface area contributed by atoms with Gasteiger partial charge in [-0.15, -0.1) is 26.3 Å². The van der Waals surface area contributed by atoms with Crippen molar-refractivity contribution >= 4 is 0 Å². The van der Waals surface area contributed by atoms with Crippen LogP contribution in [0.1, 0.15) is 0 Å². The van der Waals surface area contributed by atoms with Gasteiger partial charge in [-0.1, -0.05) is 0 Å². The molecule has 0 atom stereocenters. The summed E-state index contributed by atoms with van der Waals surface area (Å²) in [6.07, 6.45) is -5.81. The van der Waals surface area contributed by atoms with Crippen LogP contribution in [0.2, 0.25) is 0 Å². The minimum Gasteiger partial charge on any atom is -0.167 e. The fraction of sp³-hybridized carbons (Fsp3) is 0. The van der Waals surface area contributed by atoms with Crippen LogP contribution in [0.5, 0.6) is 0 Å². The van der Waals surface area contributed by atoms with Crippen molar-refractivity contribution in [3.8, 4) is 0 Å². The number of hydrogen-bond donors (Lipinski definition) is 0. The summed E-state index contributed by atoms with van der Waals surface area (Å²) >= 11 is 0. The maximum Gasteiger partial charge on any atom is 0.334 e. The minimum atomic E-state index is -2.91. The molecule has 0 aromatic heterocycles. The molecule has 70 valence electrons. The molecule has 0 spiro atoms. The van der Waals surface area contributed by atoms with E-state index in [1.807, 2.05) is 0 Å². The van der Waals surface area contributed by atoms with Gasteiger partial charge in [0.1, 0.15) is 0 Å². The fourth-order valence-corrected chi connectivity index (χ4v) is 0. The molecule has 11 heavy (non-hydrogen) atoms. The third-order valence-corrected chi connectivity index (χ3v) is 0.143. The summed E-state index contributed by atoms with van der Waals surface area (Å²) in [6, 6.07) is 0. The van der Waals surface area contributed by atoms with Crippen LogP contribution in [0.4, 0.5) is 17.6 Å². The first kappa shape index (κ1) is 22.4. The van der Waals surface area contributed by atoms with Crippen molar-refractivity contribution in [2.24, 2.45) is 0 Å². The molecule has 0 saturated carbocycles. The first-order valence-corrected chi connectivity index (χ1v) is 2.01. The van der Waals surface area contributed by atoms with Gasteiger partial charge >= 0.3 is 12.2 Å². The van der Waals surface area contributed by atoms with Crippen LogP contribution in [0, 0.1) is 0 Å². The molecule has 0 aromatic carbocycles. The monoisotopic (exact) mass is 351 g/mol. The molecule has 0 bridgehead atoms. The molecule has 0 unspecified atom stereocenters. The first-order chi connectivity index (χ1) is 4.64. The Kier molecular flexibility index (Phi) is 46.1. The van der Waals surface area contributed by atoms with Crippen LogP contribution in [-0.4, -0.2) is 0 Å². The van der Waals surface area contributed by atoms with Crippen molar-refractivity contribution < 1.29 is 38.6 Å². The van der Waals surface area contributed by atoms with E-state index in [0.29, 0.717) is 0 Å². The Morgan fingerprint density at radius 2 is 0.727 bits per heavy atom. The molecule has 0 rings (SSSR count). The van der Waals surface area contributed by atoms with Gasteiger partial charge in [-0.3, -0.25) is 0 Å². The van der Waals surface area contributed by atoms with Gasteiger partial charge in [0.05, 0.1) is 0 Å². The summed E-state index contributed by atoms with van der Waals surface area (Å²) in [4.78, 5) is 0. The van der Waals surface area contributed by atoms with Crippen LogP contribution in [0.15, 0.2) is 38.5 Å². The average molecular weight is 351 g/mol. The van der Waals surface area contributed by atoms with Crippen LogP contribution < -0.4 is 0 Å². The normalized spacial score (nSPS) is 5.09. The van der Waals surface area contributed by atoms with Gasteiger partial charge < -0.3 is 0 Å². The summed E-state index contributed by atoms with van der Waals surface area (Å²) in [5, 5.41) is 0. The summed E-state index contributed by atoms with van der Waals surface area (Å²) in [6.45, 7) is 12.0. The molecule has 5 heteroatoms. The predicted octanol–water partition coefficient (Wildman–Crippen LogP) is 3.59. The van der Waals surface area contributed by atoms with E-state index in [1.54, 1.807) is 0 Å². The van der Waals surface area contributed by atoms with Crippen LogP contribution >= 0.6 is 0 Å². The van der Waals surface area contributed by atoms with Gasteiger partial charge in [-0.2, -0.15) is 17.6 Å². The standard InChI is InChI=1S/C2F4.2C2H4.Pt/c3-1(4)2(5)6;2*1-2;/h;2*1-2H2;. The van der Waals surface area contributed by atoms with Gasteiger partial charge in [-0.05, 0) is 0 Å². The van der Waals surface area contributed by atoms with E-state index in [-0.39, 0.29) is 21.1 Å². The van der Waals surface area contributed by atoms with E-state index < -0.39 is 12.2 Å². The number of hydrogen-bond acceptors (Lipinski definition) is 0. The Morgan fingerprint density at radius 1 is 0.636 bits per heavy atom. The zero-order valence-corrected chi connectivity index (χ0v) is 7.93. The molecule has 0 nitrogen and oxygen atoms in total. The van der Waals surface area contributed by atoms with Crippen molar-refractivity contribution in [1.82, 2.24) is 0 Å². The van der Waals surface area contributed by atoms with Crippen molar-refractivity contribution in [3.05, 3.63) is 38.5 Å². The van der Waals surface area contributed by atoms with Gasteiger partial charge in [0.25, 0.3) is 0 Å². The SMILES string of the molecule is C=C.C=C.FC(F)=C(F)F.[Pt]. The van der Waals surface area contributed by atoms with Crippen LogP contribution in [-0.2, 0) is 21.1 Å². The number of rotatable bonds is 0. The molecule has 0 amide bonds. The van der Waals surface area contributed by atoms with E-state index >= 15 is 0 Å². The summed E-state index contributed by atoms with van der Waals surface area (Å²) in [5.74, 6) is 0. The second kappa shape index (κ2) is 22.6. The van der Waals surface area contributed by atoms with Crippen molar-refractivity contribution in [2.45, 2.75) is 0 Å². The molecule has 0 aliphatic rings. The maximum absolute atomic E-state index is 10.3. The Hall–Kier alpha value is -0.372. The van der Waals surface area contributed by atoms with Crippen molar-refractivity contribution in [1.29, 1.82) is 0 Å². The molecule has 0 saturated heterocycles. The molecule has 0 radical (unpaired) electrons. The van der Waals surface area contributed by atoms with E-state index in [4.69, 9.17) is 0 Å². The average Bonchev–Trinajstić information content (AvgIpc) is 1.96. The van der Waals surface area contributed by atoms with Crippen LogP contribution in [0.25, 0.3) is 0 Å². The molecule has 0 heterocycles. The minimum absolute atomic E-state index is 0. The second-order valence-electron chi connectivity index (χ2n) is 0.521. The second-order valence-corrected chi connectivity index (χ2v) is 0.521. The zero-order valence-electron chi connectivity index (χ0n) is 5.66.